The molecule has 0 spiro atoms. The number of amides is 1. The summed E-state index contributed by atoms with van der Waals surface area (Å²) in [5.41, 5.74) is 6.48. The fraction of sp³-hybridized carbons (Fsp3) is 0.417. The first-order chi connectivity index (χ1) is 7.91. The molecule has 0 fully saturated rings. The minimum Gasteiger partial charge on any atom is -0.389 e. The molecule has 5 heteroatoms. The molecule has 3 N–H and O–H groups in total. The summed E-state index contributed by atoms with van der Waals surface area (Å²) in [6.45, 7) is 6.06. The second kappa shape index (κ2) is 5.72. The van der Waals surface area contributed by atoms with Crippen LogP contribution >= 0.6 is 12.2 Å². The molecule has 1 rings (SSSR count). The smallest absolute Gasteiger partial charge is 0.270 e. The number of carbonyl (C=O) groups excluding carboxylic acids is 1. The predicted molar refractivity (Wildman–Crippen MR) is 71.9 cm³/mol. The van der Waals surface area contributed by atoms with E-state index >= 15 is 0 Å². The van der Waals surface area contributed by atoms with Crippen molar-refractivity contribution in [3.05, 3.63) is 29.6 Å². The standard InChI is InChI=1S/C12H17N3OS/c1-7(2)8(3)15-12(16)10-5-4-9(6-14-10)11(13)17/h4-8H,1-3H3,(H2,13,17)(H,15,16). The largest absolute Gasteiger partial charge is 0.389 e. The first kappa shape index (κ1) is 13.6. The van der Waals surface area contributed by atoms with Crippen LogP contribution in [0.1, 0.15) is 36.8 Å². The van der Waals surface area contributed by atoms with Gasteiger partial charge in [0.1, 0.15) is 10.7 Å². The summed E-state index contributed by atoms with van der Waals surface area (Å²) in [4.78, 5) is 16.1. The summed E-state index contributed by atoms with van der Waals surface area (Å²) < 4.78 is 0. The number of hydrogen-bond donors (Lipinski definition) is 2. The lowest BCUT2D eigenvalue weighted by molar-refractivity contribution is 0.0925. The summed E-state index contributed by atoms with van der Waals surface area (Å²) in [7, 11) is 0. The van der Waals surface area contributed by atoms with Crippen LogP contribution in [-0.4, -0.2) is 21.9 Å². The maximum atomic E-state index is 11.8. The molecule has 92 valence electrons. The second-order valence-electron chi connectivity index (χ2n) is 4.30. The molecule has 4 nitrogen and oxygen atoms in total. The van der Waals surface area contributed by atoms with Gasteiger partial charge in [0.05, 0.1) is 0 Å². The van der Waals surface area contributed by atoms with Crippen molar-refractivity contribution in [2.24, 2.45) is 11.7 Å². The van der Waals surface area contributed by atoms with Gasteiger partial charge < -0.3 is 11.1 Å². The van der Waals surface area contributed by atoms with E-state index in [-0.39, 0.29) is 16.9 Å². The third kappa shape index (κ3) is 3.78. The highest BCUT2D eigenvalue weighted by molar-refractivity contribution is 7.80. The first-order valence-electron chi connectivity index (χ1n) is 5.48. The molecular formula is C12H17N3OS. The van der Waals surface area contributed by atoms with Gasteiger partial charge in [0.15, 0.2) is 0 Å². The highest BCUT2D eigenvalue weighted by atomic mass is 32.1. The van der Waals surface area contributed by atoms with Crippen molar-refractivity contribution in [1.82, 2.24) is 10.3 Å². The molecule has 0 aliphatic heterocycles. The molecule has 1 unspecified atom stereocenters. The van der Waals surface area contributed by atoms with E-state index in [9.17, 15) is 4.79 Å². The summed E-state index contributed by atoms with van der Waals surface area (Å²) in [6.07, 6.45) is 1.51. The molecule has 1 amide bonds. The van der Waals surface area contributed by atoms with Gasteiger partial charge in [-0.05, 0) is 25.0 Å². The Hall–Kier alpha value is -1.49. The number of nitrogens with two attached hydrogens (primary N) is 1. The lowest BCUT2D eigenvalue weighted by atomic mass is 10.1. The summed E-state index contributed by atoms with van der Waals surface area (Å²) in [6, 6.07) is 3.43. The van der Waals surface area contributed by atoms with Gasteiger partial charge in [0.2, 0.25) is 0 Å². The number of rotatable bonds is 4. The Kier molecular flexibility index (Phi) is 4.57. The lowest BCUT2D eigenvalue weighted by Gasteiger charge is -2.16. The van der Waals surface area contributed by atoms with Gasteiger partial charge in [-0.15, -0.1) is 0 Å². The Morgan fingerprint density at radius 1 is 1.41 bits per heavy atom. The van der Waals surface area contributed by atoms with Gasteiger partial charge in [0.25, 0.3) is 5.91 Å². The highest BCUT2D eigenvalue weighted by Gasteiger charge is 2.13. The minimum absolute atomic E-state index is 0.111. The van der Waals surface area contributed by atoms with E-state index in [1.807, 2.05) is 20.8 Å². The monoisotopic (exact) mass is 251 g/mol. The van der Waals surface area contributed by atoms with Crippen LogP contribution in [0.5, 0.6) is 0 Å². The van der Waals surface area contributed by atoms with Crippen LogP contribution in [0.15, 0.2) is 18.3 Å². The Labute approximate surface area is 107 Å². The first-order valence-corrected chi connectivity index (χ1v) is 5.89. The zero-order valence-corrected chi connectivity index (χ0v) is 11.0. The molecule has 17 heavy (non-hydrogen) atoms. The maximum absolute atomic E-state index is 11.8. The molecule has 0 bridgehead atoms. The van der Waals surface area contributed by atoms with E-state index in [4.69, 9.17) is 18.0 Å². The number of thiocarbonyl (C=S) groups is 1. The quantitative estimate of drug-likeness (QED) is 0.796. The number of aromatic nitrogens is 1. The van der Waals surface area contributed by atoms with Crippen molar-refractivity contribution in [2.45, 2.75) is 26.8 Å². The molecule has 0 saturated heterocycles. The third-order valence-electron chi connectivity index (χ3n) is 2.64. The lowest BCUT2D eigenvalue weighted by Crippen LogP contribution is -2.36. The summed E-state index contributed by atoms with van der Waals surface area (Å²) in [5.74, 6) is 0.204. The zero-order valence-electron chi connectivity index (χ0n) is 10.2. The van der Waals surface area contributed by atoms with Gasteiger partial charge in [-0.3, -0.25) is 9.78 Å². The molecule has 1 atom stereocenters. The second-order valence-corrected chi connectivity index (χ2v) is 4.74. The van der Waals surface area contributed by atoms with Crippen LogP contribution in [0.3, 0.4) is 0 Å². The summed E-state index contributed by atoms with van der Waals surface area (Å²) >= 11 is 4.81. The molecule has 1 aromatic rings. The predicted octanol–water partition coefficient (Wildman–Crippen LogP) is 1.49. The van der Waals surface area contributed by atoms with Gasteiger partial charge in [0, 0.05) is 17.8 Å². The fourth-order valence-electron chi connectivity index (χ4n) is 1.12. The van der Waals surface area contributed by atoms with Gasteiger partial charge in [-0.1, -0.05) is 26.1 Å². The number of hydrogen-bond acceptors (Lipinski definition) is 3. The molecule has 0 aromatic carbocycles. The van der Waals surface area contributed by atoms with Crippen molar-refractivity contribution in [3.8, 4) is 0 Å². The van der Waals surface area contributed by atoms with E-state index in [0.717, 1.165) is 0 Å². The normalized spacial score (nSPS) is 12.2. The molecule has 1 heterocycles. The van der Waals surface area contributed by atoms with Crippen LogP contribution in [0, 0.1) is 5.92 Å². The minimum atomic E-state index is -0.180. The van der Waals surface area contributed by atoms with Gasteiger partial charge >= 0.3 is 0 Å². The van der Waals surface area contributed by atoms with Crippen molar-refractivity contribution < 1.29 is 4.79 Å². The van der Waals surface area contributed by atoms with Crippen LogP contribution in [-0.2, 0) is 0 Å². The Morgan fingerprint density at radius 3 is 2.47 bits per heavy atom. The molecule has 0 radical (unpaired) electrons. The number of nitrogens with one attached hydrogen (secondary N) is 1. The van der Waals surface area contributed by atoms with Crippen molar-refractivity contribution in [3.63, 3.8) is 0 Å². The van der Waals surface area contributed by atoms with Crippen molar-refractivity contribution >= 4 is 23.1 Å². The van der Waals surface area contributed by atoms with E-state index < -0.39 is 0 Å². The van der Waals surface area contributed by atoms with Crippen LogP contribution in [0.4, 0.5) is 0 Å². The Balaban J connectivity index is 2.73. The van der Waals surface area contributed by atoms with Crippen molar-refractivity contribution in [1.29, 1.82) is 0 Å². The fourth-order valence-corrected chi connectivity index (χ4v) is 1.24. The number of pyridine rings is 1. The SMILES string of the molecule is CC(C)C(C)NC(=O)c1ccc(C(N)=S)cn1. The molecule has 0 aliphatic rings. The molecular weight excluding hydrogens is 234 g/mol. The molecule has 0 aliphatic carbocycles. The molecule has 1 aromatic heterocycles. The van der Waals surface area contributed by atoms with Gasteiger partial charge in [-0.2, -0.15) is 0 Å². The highest BCUT2D eigenvalue weighted by Crippen LogP contribution is 2.04. The van der Waals surface area contributed by atoms with Crippen molar-refractivity contribution in [2.75, 3.05) is 0 Å². The maximum Gasteiger partial charge on any atom is 0.270 e. The Morgan fingerprint density at radius 2 is 2.06 bits per heavy atom. The average Bonchev–Trinajstić information content (AvgIpc) is 2.28. The number of nitrogens with zero attached hydrogens (tertiary/aromatic N) is 1. The van der Waals surface area contributed by atoms with E-state index in [2.05, 4.69) is 10.3 Å². The van der Waals surface area contributed by atoms with Crippen LogP contribution < -0.4 is 11.1 Å². The van der Waals surface area contributed by atoms with E-state index in [0.29, 0.717) is 17.2 Å². The zero-order chi connectivity index (χ0) is 13.0. The average molecular weight is 251 g/mol. The van der Waals surface area contributed by atoms with Gasteiger partial charge in [-0.25, -0.2) is 0 Å². The van der Waals surface area contributed by atoms with Crippen LogP contribution in [0.25, 0.3) is 0 Å². The summed E-state index contributed by atoms with van der Waals surface area (Å²) in [5, 5.41) is 2.88. The topological polar surface area (TPSA) is 68.0 Å². The number of carbonyl (C=O) groups is 1. The Bertz CT molecular complexity index is 414. The van der Waals surface area contributed by atoms with E-state index in [1.165, 1.54) is 6.20 Å². The third-order valence-corrected chi connectivity index (χ3v) is 2.88. The molecule has 0 saturated carbocycles. The van der Waals surface area contributed by atoms with Crippen LogP contribution in [0.2, 0.25) is 0 Å². The van der Waals surface area contributed by atoms with E-state index in [1.54, 1.807) is 12.1 Å².